The number of benzene rings is 2. The predicted octanol–water partition coefficient (Wildman–Crippen LogP) is 4.48. The van der Waals surface area contributed by atoms with Crippen molar-refractivity contribution < 1.29 is 13.7 Å². The Labute approximate surface area is 174 Å². The van der Waals surface area contributed by atoms with E-state index in [1.807, 2.05) is 41.3 Å². The molecule has 0 spiro atoms. The van der Waals surface area contributed by atoms with Gasteiger partial charge in [0.15, 0.2) is 5.76 Å². The highest BCUT2D eigenvalue weighted by Gasteiger charge is 2.36. The normalized spacial score (nSPS) is 14.1. The lowest BCUT2D eigenvalue weighted by molar-refractivity contribution is -0.136. The standard InChI is InChI=1S/C24H21N3O3/c28-22(14-20(17-8-3-1-4-9-17)18-10-5-2-6-11-18)27-15-19(16-27)24-25-23(26-30-24)21-12-7-13-29-21/h1-13,19-20H,14-16H2. The third-order valence-corrected chi connectivity index (χ3v) is 5.55. The Morgan fingerprint density at radius 3 is 2.23 bits per heavy atom. The second kappa shape index (κ2) is 7.99. The van der Waals surface area contributed by atoms with Crippen LogP contribution in [0.5, 0.6) is 0 Å². The lowest BCUT2D eigenvalue weighted by Gasteiger charge is -2.38. The number of carbonyl (C=O) groups excluding carboxylic acids is 1. The number of aromatic nitrogens is 2. The molecule has 1 aliphatic heterocycles. The van der Waals surface area contributed by atoms with Crippen molar-refractivity contribution in [2.45, 2.75) is 18.3 Å². The fraction of sp³-hybridized carbons (Fsp3) is 0.208. The van der Waals surface area contributed by atoms with Gasteiger partial charge in [0.05, 0.1) is 12.2 Å². The monoisotopic (exact) mass is 399 g/mol. The first-order valence-electron chi connectivity index (χ1n) is 10.0. The van der Waals surface area contributed by atoms with E-state index in [4.69, 9.17) is 8.94 Å². The van der Waals surface area contributed by atoms with Gasteiger partial charge in [-0.1, -0.05) is 65.8 Å². The molecule has 6 heteroatoms. The van der Waals surface area contributed by atoms with Gasteiger partial charge in [-0.25, -0.2) is 0 Å². The molecule has 2 aromatic carbocycles. The molecule has 0 radical (unpaired) electrons. The largest absolute Gasteiger partial charge is 0.461 e. The first kappa shape index (κ1) is 18.4. The first-order valence-corrected chi connectivity index (χ1v) is 10.0. The molecule has 4 aromatic rings. The zero-order valence-corrected chi connectivity index (χ0v) is 16.3. The van der Waals surface area contributed by atoms with Crippen LogP contribution in [-0.2, 0) is 4.79 Å². The molecule has 1 amide bonds. The second-order valence-electron chi connectivity index (χ2n) is 7.51. The molecule has 0 saturated carbocycles. The molecule has 1 fully saturated rings. The Morgan fingerprint density at radius 2 is 1.63 bits per heavy atom. The van der Waals surface area contributed by atoms with Crippen LogP contribution in [0.2, 0.25) is 0 Å². The molecule has 1 saturated heterocycles. The maximum Gasteiger partial charge on any atom is 0.238 e. The van der Waals surface area contributed by atoms with E-state index in [1.165, 1.54) is 0 Å². The van der Waals surface area contributed by atoms with Gasteiger partial charge in [-0.2, -0.15) is 4.98 Å². The van der Waals surface area contributed by atoms with E-state index in [1.54, 1.807) is 18.4 Å². The number of rotatable bonds is 6. The highest BCUT2D eigenvalue weighted by atomic mass is 16.5. The van der Waals surface area contributed by atoms with E-state index in [2.05, 4.69) is 34.4 Å². The SMILES string of the molecule is O=C(CC(c1ccccc1)c1ccccc1)N1CC(c2nc(-c3ccco3)no2)C1. The maximum atomic E-state index is 13.0. The molecule has 3 heterocycles. The smallest absolute Gasteiger partial charge is 0.238 e. The summed E-state index contributed by atoms with van der Waals surface area (Å²) in [5.74, 6) is 1.80. The molecule has 5 rings (SSSR count). The topological polar surface area (TPSA) is 72.4 Å². The van der Waals surface area contributed by atoms with Gasteiger partial charge >= 0.3 is 0 Å². The molecular weight excluding hydrogens is 378 g/mol. The number of furan rings is 1. The fourth-order valence-electron chi connectivity index (χ4n) is 3.85. The summed E-state index contributed by atoms with van der Waals surface area (Å²) in [6.45, 7) is 1.18. The molecule has 0 aliphatic carbocycles. The van der Waals surface area contributed by atoms with Gasteiger partial charge in [0, 0.05) is 25.4 Å². The number of nitrogens with zero attached hydrogens (tertiary/aromatic N) is 3. The quantitative estimate of drug-likeness (QED) is 0.478. The van der Waals surface area contributed by atoms with Crippen molar-refractivity contribution in [2.75, 3.05) is 13.1 Å². The minimum atomic E-state index is 0.0351. The van der Waals surface area contributed by atoms with Gasteiger partial charge in [-0.15, -0.1) is 0 Å². The average Bonchev–Trinajstić information content (AvgIpc) is 3.44. The van der Waals surface area contributed by atoms with Crippen molar-refractivity contribution in [3.63, 3.8) is 0 Å². The minimum absolute atomic E-state index is 0.0351. The van der Waals surface area contributed by atoms with Crippen LogP contribution in [0.25, 0.3) is 11.6 Å². The van der Waals surface area contributed by atoms with Crippen molar-refractivity contribution in [2.24, 2.45) is 0 Å². The number of amides is 1. The van der Waals surface area contributed by atoms with Crippen molar-refractivity contribution >= 4 is 5.91 Å². The molecular formula is C24H21N3O3. The van der Waals surface area contributed by atoms with Crippen molar-refractivity contribution in [1.29, 1.82) is 0 Å². The Kier molecular flexibility index (Phi) is 4.89. The van der Waals surface area contributed by atoms with Gasteiger partial charge in [-0.3, -0.25) is 4.79 Å². The van der Waals surface area contributed by atoms with Gasteiger partial charge in [0.2, 0.25) is 17.6 Å². The molecule has 0 atom stereocenters. The first-order chi connectivity index (χ1) is 14.8. The van der Waals surface area contributed by atoms with Gasteiger partial charge in [0.25, 0.3) is 0 Å². The summed E-state index contributed by atoms with van der Waals surface area (Å²) in [6, 6.07) is 24.0. The Balaban J connectivity index is 1.25. The van der Waals surface area contributed by atoms with Crippen LogP contribution < -0.4 is 0 Å². The Bertz CT molecular complexity index is 1060. The van der Waals surface area contributed by atoms with Crippen molar-refractivity contribution in [3.05, 3.63) is 96.1 Å². The number of likely N-dealkylation sites (tertiary alicyclic amines) is 1. The van der Waals surface area contributed by atoms with E-state index >= 15 is 0 Å². The average molecular weight is 399 g/mol. The van der Waals surface area contributed by atoms with E-state index in [-0.39, 0.29) is 17.7 Å². The van der Waals surface area contributed by atoms with Crippen LogP contribution in [0.3, 0.4) is 0 Å². The molecule has 0 N–H and O–H groups in total. The van der Waals surface area contributed by atoms with Crippen molar-refractivity contribution in [3.8, 4) is 11.6 Å². The van der Waals surface area contributed by atoms with Crippen LogP contribution >= 0.6 is 0 Å². The fourth-order valence-corrected chi connectivity index (χ4v) is 3.85. The second-order valence-corrected chi connectivity index (χ2v) is 7.51. The maximum absolute atomic E-state index is 13.0. The highest BCUT2D eigenvalue weighted by Crippen LogP contribution is 2.32. The number of hydrogen-bond acceptors (Lipinski definition) is 5. The third-order valence-electron chi connectivity index (χ3n) is 5.55. The molecule has 2 aromatic heterocycles. The third kappa shape index (κ3) is 3.64. The summed E-state index contributed by atoms with van der Waals surface area (Å²) in [4.78, 5) is 19.3. The molecule has 1 aliphatic rings. The summed E-state index contributed by atoms with van der Waals surface area (Å²) in [6.07, 6.45) is 2.01. The zero-order chi connectivity index (χ0) is 20.3. The van der Waals surface area contributed by atoms with Crippen LogP contribution in [0.1, 0.15) is 35.3 Å². The summed E-state index contributed by atoms with van der Waals surface area (Å²) in [5.41, 5.74) is 2.29. The van der Waals surface area contributed by atoms with Crippen LogP contribution in [0, 0.1) is 0 Å². The van der Waals surface area contributed by atoms with Gasteiger partial charge < -0.3 is 13.8 Å². The molecule has 6 nitrogen and oxygen atoms in total. The van der Waals surface area contributed by atoms with Crippen molar-refractivity contribution in [1.82, 2.24) is 15.0 Å². The summed E-state index contributed by atoms with van der Waals surface area (Å²) in [5, 5.41) is 3.98. The zero-order valence-electron chi connectivity index (χ0n) is 16.3. The summed E-state index contributed by atoms with van der Waals surface area (Å²) in [7, 11) is 0. The highest BCUT2D eigenvalue weighted by molar-refractivity contribution is 5.79. The van der Waals surface area contributed by atoms with Crippen LogP contribution in [0.15, 0.2) is 88.0 Å². The lowest BCUT2D eigenvalue weighted by Crippen LogP contribution is -2.48. The minimum Gasteiger partial charge on any atom is -0.461 e. The summed E-state index contributed by atoms with van der Waals surface area (Å²) >= 11 is 0. The van der Waals surface area contributed by atoms with Gasteiger partial charge in [-0.05, 0) is 23.3 Å². The summed E-state index contributed by atoms with van der Waals surface area (Å²) < 4.78 is 10.7. The molecule has 0 bridgehead atoms. The molecule has 0 unspecified atom stereocenters. The van der Waals surface area contributed by atoms with E-state index in [9.17, 15) is 4.79 Å². The van der Waals surface area contributed by atoms with E-state index in [0.717, 1.165) is 11.1 Å². The lowest BCUT2D eigenvalue weighted by atomic mass is 9.87. The molecule has 30 heavy (non-hydrogen) atoms. The number of carbonyl (C=O) groups is 1. The van der Waals surface area contributed by atoms with E-state index < -0.39 is 0 Å². The Hall–Kier alpha value is -3.67. The predicted molar refractivity (Wildman–Crippen MR) is 111 cm³/mol. The molecule has 150 valence electrons. The van der Waals surface area contributed by atoms with Gasteiger partial charge in [0.1, 0.15) is 0 Å². The van der Waals surface area contributed by atoms with E-state index in [0.29, 0.717) is 37.0 Å². The van der Waals surface area contributed by atoms with Crippen LogP contribution in [-0.4, -0.2) is 34.0 Å². The Morgan fingerprint density at radius 1 is 0.967 bits per heavy atom. The number of hydrogen-bond donors (Lipinski definition) is 0. The van der Waals surface area contributed by atoms with Crippen LogP contribution in [0.4, 0.5) is 0 Å².